The molecule has 1 aromatic heterocycles. The average molecular weight is 185 g/mol. The van der Waals surface area contributed by atoms with Gasteiger partial charge in [0, 0.05) is 11.6 Å². The van der Waals surface area contributed by atoms with E-state index in [0.717, 1.165) is 6.07 Å². The van der Waals surface area contributed by atoms with Crippen LogP contribution in [0, 0.1) is 5.95 Å². The van der Waals surface area contributed by atoms with Gasteiger partial charge in [0.25, 0.3) is 0 Å². The maximum atomic E-state index is 12.9. The Balaban J connectivity index is 2.90. The van der Waals surface area contributed by atoms with Crippen molar-refractivity contribution in [2.75, 3.05) is 7.11 Å². The molecule has 0 spiro atoms. The van der Waals surface area contributed by atoms with E-state index in [4.69, 9.17) is 0 Å². The molecule has 70 valence electrons. The molecule has 0 unspecified atom stereocenters. The molecule has 0 radical (unpaired) electrons. The molecule has 1 rings (SSSR count). The Morgan fingerprint density at radius 3 is 2.85 bits per heavy atom. The summed E-state index contributed by atoms with van der Waals surface area (Å²) < 4.78 is 17.2. The predicted molar refractivity (Wildman–Crippen MR) is 42.7 cm³/mol. The molecule has 0 fully saturated rings. The molecule has 13 heavy (non-hydrogen) atoms. The maximum Gasteiger partial charge on any atom is 0.310 e. The highest BCUT2D eigenvalue weighted by molar-refractivity contribution is 5.72. The molecule has 0 aromatic carbocycles. The average Bonchev–Trinajstić information content (AvgIpc) is 2.09. The van der Waals surface area contributed by atoms with Crippen LogP contribution < -0.4 is 5.56 Å². The van der Waals surface area contributed by atoms with Gasteiger partial charge in [-0.15, -0.1) is 0 Å². The van der Waals surface area contributed by atoms with Gasteiger partial charge < -0.3 is 4.74 Å². The van der Waals surface area contributed by atoms with E-state index in [2.05, 4.69) is 4.74 Å². The highest BCUT2D eigenvalue weighted by Gasteiger charge is 2.08. The number of carbonyl (C=O) groups excluding carboxylic acids is 1. The SMILES string of the molecule is COC(=O)Cc1ccc(=O)[nH]c1F. The Morgan fingerprint density at radius 1 is 1.62 bits per heavy atom. The fraction of sp³-hybridized carbons (Fsp3) is 0.250. The molecule has 0 bridgehead atoms. The lowest BCUT2D eigenvalue weighted by Gasteiger charge is -1.99. The molecule has 0 atom stereocenters. The van der Waals surface area contributed by atoms with Crippen molar-refractivity contribution in [3.63, 3.8) is 0 Å². The number of aromatic nitrogens is 1. The number of carbonyl (C=O) groups is 1. The second-order valence-electron chi connectivity index (χ2n) is 2.41. The number of pyridine rings is 1. The van der Waals surface area contributed by atoms with E-state index in [1.165, 1.54) is 13.2 Å². The molecule has 0 saturated carbocycles. The van der Waals surface area contributed by atoms with Gasteiger partial charge in [0.05, 0.1) is 13.5 Å². The second kappa shape index (κ2) is 3.84. The van der Waals surface area contributed by atoms with Crippen LogP contribution in [-0.2, 0) is 16.0 Å². The molecule has 1 aromatic rings. The fourth-order valence-electron chi connectivity index (χ4n) is 0.844. The number of nitrogens with one attached hydrogen (secondary N) is 1. The van der Waals surface area contributed by atoms with Gasteiger partial charge in [0.2, 0.25) is 5.56 Å². The van der Waals surface area contributed by atoms with Crippen molar-refractivity contribution in [2.24, 2.45) is 0 Å². The van der Waals surface area contributed by atoms with Crippen LogP contribution in [0.4, 0.5) is 4.39 Å². The number of aromatic amines is 1. The lowest BCUT2D eigenvalue weighted by atomic mass is 10.2. The van der Waals surface area contributed by atoms with E-state index in [-0.39, 0.29) is 12.0 Å². The van der Waals surface area contributed by atoms with Gasteiger partial charge in [-0.1, -0.05) is 0 Å². The Labute approximate surface area is 73.3 Å². The number of methoxy groups -OCH3 is 1. The summed E-state index contributed by atoms with van der Waals surface area (Å²) in [6, 6.07) is 2.41. The molecule has 0 saturated heterocycles. The normalized spacial score (nSPS) is 9.69. The number of H-pyrrole nitrogens is 1. The molecule has 1 N–H and O–H groups in total. The first kappa shape index (κ1) is 9.44. The molecule has 4 nitrogen and oxygen atoms in total. The Bertz CT molecular complexity index is 372. The first-order chi connectivity index (χ1) is 6.13. The number of halogens is 1. The summed E-state index contributed by atoms with van der Waals surface area (Å²) in [5.41, 5.74) is -0.419. The summed E-state index contributed by atoms with van der Waals surface area (Å²) in [6.45, 7) is 0. The lowest BCUT2D eigenvalue weighted by Crippen LogP contribution is -2.12. The minimum atomic E-state index is -0.794. The number of hydrogen-bond donors (Lipinski definition) is 1. The van der Waals surface area contributed by atoms with Gasteiger partial charge in [0.1, 0.15) is 0 Å². The molecule has 0 aliphatic heterocycles. The van der Waals surface area contributed by atoms with Crippen molar-refractivity contribution < 1.29 is 13.9 Å². The molecular formula is C8H8FNO3. The maximum absolute atomic E-state index is 12.9. The van der Waals surface area contributed by atoms with Gasteiger partial charge in [-0.2, -0.15) is 4.39 Å². The summed E-state index contributed by atoms with van der Waals surface area (Å²) >= 11 is 0. The van der Waals surface area contributed by atoms with E-state index < -0.39 is 17.5 Å². The van der Waals surface area contributed by atoms with Gasteiger partial charge in [-0.05, 0) is 6.07 Å². The van der Waals surface area contributed by atoms with Crippen LogP contribution in [0.2, 0.25) is 0 Å². The minimum absolute atomic E-state index is 0.117. The topological polar surface area (TPSA) is 59.2 Å². The third kappa shape index (κ3) is 2.40. The third-order valence-corrected chi connectivity index (χ3v) is 1.51. The van der Waals surface area contributed by atoms with E-state index in [1.54, 1.807) is 0 Å². The molecular weight excluding hydrogens is 177 g/mol. The fourth-order valence-corrected chi connectivity index (χ4v) is 0.844. The monoisotopic (exact) mass is 185 g/mol. The molecule has 1 heterocycles. The Morgan fingerprint density at radius 2 is 2.31 bits per heavy atom. The molecule has 0 amide bonds. The van der Waals surface area contributed by atoms with E-state index in [0.29, 0.717) is 0 Å². The second-order valence-corrected chi connectivity index (χ2v) is 2.41. The van der Waals surface area contributed by atoms with Gasteiger partial charge in [-0.3, -0.25) is 14.6 Å². The van der Waals surface area contributed by atoms with Crippen LogP contribution in [0.3, 0.4) is 0 Å². The van der Waals surface area contributed by atoms with Gasteiger partial charge >= 0.3 is 5.97 Å². The highest BCUT2D eigenvalue weighted by atomic mass is 19.1. The highest BCUT2D eigenvalue weighted by Crippen LogP contribution is 2.02. The van der Waals surface area contributed by atoms with Crippen LogP contribution in [0.5, 0.6) is 0 Å². The van der Waals surface area contributed by atoms with Crippen LogP contribution in [0.25, 0.3) is 0 Å². The Hall–Kier alpha value is -1.65. The van der Waals surface area contributed by atoms with Gasteiger partial charge in [-0.25, -0.2) is 0 Å². The van der Waals surface area contributed by atoms with Crippen molar-refractivity contribution in [2.45, 2.75) is 6.42 Å². The molecule has 0 aliphatic carbocycles. The van der Waals surface area contributed by atoms with Crippen LogP contribution in [0.15, 0.2) is 16.9 Å². The first-order valence-corrected chi connectivity index (χ1v) is 3.58. The van der Waals surface area contributed by atoms with Crippen molar-refractivity contribution in [3.8, 4) is 0 Å². The van der Waals surface area contributed by atoms with Crippen LogP contribution >= 0.6 is 0 Å². The zero-order chi connectivity index (χ0) is 9.84. The van der Waals surface area contributed by atoms with Crippen molar-refractivity contribution in [1.29, 1.82) is 0 Å². The van der Waals surface area contributed by atoms with Crippen LogP contribution in [-0.4, -0.2) is 18.1 Å². The number of ether oxygens (including phenoxy) is 1. The largest absolute Gasteiger partial charge is 0.469 e. The van der Waals surface area contributed by atoms with Crippen molar-refractivity contribution >= 4 is 5.97 Å². The number of rotatable bonds is 2. The summed E-state index contributed by atoms with van der Waals surface area (Å²) in [7, 11) is 1.21. The van der Waals surface area contributed by atoms with E-state index in [9.17, 15) is 14.0 Å². The van der Waals surface area contributed by atoms with Gasteiger partial charge in [0.15, 0.2) is 5.95 Å². The molecule has 5 heteroatoms. The zero-order valence-electron chi connectivity index (χ0n) is 6.96. The first-order valence-electron chi connectivity index (χ1n) is 3.58. The van der Waals surface area contributed by atoms with Crippen molar-refractivity contribution in [3.05, 3.63) is 34.0 Å². The summed E-state index contributed by atoms with van der Waals surface area (Å²) in [6.07, 6.45) is -0.181. The summed E-state index contributed by atoms with van der Waals surface area (Å²) in [5, 5.41) is 0. The zero-order valence-corrected chi connectivity index (χ0v) is 6.96. The lowest BCUT2D eigenvalue weighted by molar-refractivity contribution is -0.139. The van der Waals surface area contributed by atoms with Crippen molar-refractivity contribution in [1.82, 2.24) is 4.98 Å². The van der Waals surface area contributed by atoms with E-state index in [1.807, 2.05) is 4.98 Å². The number of esters is 1. The summed E-state index contributed by atoms with van der Waals surface area (Å²) in [5.74, 6) is -1.34. The minimum Gasteiger partial charge on any atom is -0.469 e. The quantitative estimate of drug-likeness (QED) is 0.530. The molecule has 0 aliphatic rings. The van der Waals surface area contributed by atoms with E-state index >= 15 is 0 Å². The van der Waals surface area contributed by atoms with Crippen LogP contribution in [0.1, 0.15) is 5.56 Å². The predicted octanol–water partition coefficient (Wildman–Crippen LogP) is 0.229. The smallest absolute Gasteiger partial charge is 0.310 e. The number of hydrogen-bond acceptors (Lipinski definition) is 3. The Kier molecular flexibility index (Phi) is 2.79. The standard InChI is InChI=1S/C8H8FNO3/c1-13-7(12)4-5-2-3-6(11)10-8(5)9/h2-3H,4H2,1H3,(H,10,11). The summed E-state index contributed by atoms with van der Waals surface area (Å²) in [4.78, 5) is 23.3. The third-order valence-electron chi connectivity index (χ3n) is 1.51.